The van der Waals surface area contributed by atoms with Gasteiger partial charge in [0.05, 0.1) is 16.9 Å². The molecule has 1 aromatic carbocycles. The molecule has 1 aromatic rings. The average molecular weight is 385 g/mol. The van der Waals surface area contributed by atoms with Gasteiger partial charge in [-0.05, 0) is 31.9 Å². The van der Waals surface area contributed by atoms with Gasteiger partial charge < -0.3 is 14.2 Å². The Balaban J connectivity index is 2.02. The predicted molar refractivity (Wildman–Crippen MR) is 91.5 cm³/mol. The summed E-state index contributed by atoms with van der Waals surface area (Å²) in [6.07, 6.45) is -0.533. The average Bonchev–Trinajstić information content (AvgIpc) is 2.59. The molecule has 1 fully saturated rings. The highest BCUT2D eigenvalue weighted by Gasteiger charge is 2.38. The summed E-state index contributed by atoms with van der Waals surface area (Å²) in [7, 11) is -2.60. The number of hydrogen-bond acceptors (Lipinski definition) is 7. The van der Waals surface area contributed by atoms with Crippen molar-refractivity contribution in [2.45, 2.75) is 44.0 Å². The summed E-state index contributed by atoms with van der Waals surface area (Å²) in [5.74, 6) is -1.90. The molecule has 2 rings (SSSR count). The molecule has 3 unspecified atom stereocenters. The molecule has 9 heteroatoms. The van der Waals surface area contributed by atoms with Gasteiger partial charge in [0, 0.05) is 14.0 Å². The Morgan fingerprint density at radius 3 is 2.46 bits per heavy atom. The Morgan fingerprint density at radius 1 is 1.23 bits per heavy atom. The Labute approximate surface area is 152 Å². The zero-order chi connectivity index (χ0) is 19.3. The standard InChI is InChI=1S/C17H23NO7S/c1-11-4-7-14(8-5-11)26(21,22)18-16(20)15-9-6-13(10-24-12(2)19)25-17(15)23-3/h4-5,7-8,13,15,17H,6,9-10H2,1-3H3,(H,18,20). The molecule has 26 heavy (non-hydrogen) atoms. The first-order valence-corrected chi connectivity index (χ1v) is 9.66. The van der Waals surface area contributed by atoms with Crippen molar-refractivity contribution in [3.63, 3.8) is 0 Å². The van der Waals surface area contributed by atoms with E-state index in [0.717, 1.165) is 5.56 Å². The lowest BCUT2D eigenvalue weighted by Gasteiger charge is -2.34. The van der Waals surface area contributed by atoms with Gasteiger partial charge in [0.1, 0.15) is 6.61 Å². The molecule has 0 aromatic heterocycles. The molecule has 3 atom stereocenters. The van der Waals surface area contributed by atoms with Gasteiger partial charge in [0.15, 0.2) is 6.29 Å². The molecule has 1 aliphatic rings. The molecule has 0 bridgehead atoms. The fourth-order valence-electron chi connectivity index (χ4n) is 2.65. The van der Waals surface area contributed by atoms with E-state index in [1.807, 2.05) is 6.92 Å². The summed E-state index contributed by atoms with van der Waals surface area (Å²) in [5.41, 5.74) is 0.911. The van der Waals surface area contributed by atoms with E-state index in [1.54, 1.807) is 12.1 Å². The van der Waals surface area contributed by atoms with Gasteiger partial charge in [0.25, 0.3) is 10.0 Å². The van der Waals surface area contributed by atoms with E-state index in [0.29, 0.717) is 12.8 Å². The van der Waals surface area contributed by atoms with Crippen molar-refractivity contribution in [2.75, 3.05) is 13.7 Å². The molecular weight excluding hydrogens is 362 g/mol. The minimum Gasteiger partial charge on any atom is -0.463 e. The number of hydrogen-bond donors (Lipinski definition) is 1. The Kier molecular flexibility index (Phi) is 6.74. The van der Waals surface area contributed by atoms with E-state index in [4.69, 9.17) is 14.2 Å². The number of amides is 1. The highest BCUT2D eigenvalue weighted by atomic mass is 32.2. The van der Waals surface area contributed by atoms with E-state index >= 15 is 0 Å². The van der Waals surface area contributed by atoms with Crippen LogP contribution in [0.25, 0.3) is 0 Å². The van der Waals surface area contributed by atoms with Crippen LogP contribution in [0.2, 0.25) is 0 Å². The van der Waals surface area contributed by atoms with Gasteiger partial charge in [-0.1, -0.05) is 17.7 Å². The predicted octanol–water partition coefficient (Wildman–Crippen LogP) is 1.13. The molecule has 1 saturated heterocycles. The summed E-state index contributed by atoms with van der Waals surface area (Å²) >= 11 is 0. The van der Waals surface area contributed by atoms with Gasteiger partial charge in [-0.15, -0.1) is 0 Å². The quantitative estimate of drug-likeness (QED) is 0.731. The first kappa shape index (κ1) is 20.3. The van der Waals surface area contributed by atoms with Crippen molar-refractivity contribution in [3.8, 4) is 0 Å². The lowest BCUT2D eigenvalue weighted by molar-refractivity contribution is -0.217. The first-order chi connectivity index (χ1) is 12.2. The summed E-state index contributed by atoms with van der Waals surface area (Å²) in [5, 5.41) is 0. The number of sulfonamides is 1. The van der Waals surface area contributed by atoms with Crippen molar-refractivity contribution in [1.82, 2.24) is 4.72 Å². The largest absolute Gasteiger partial charge is 0.463 e. The van der Waals surface area contributed by atoms with Crippen molar-refractivity contribution >= 4 is 21.9 Å². The monoisotopic (exact) mass is 385 g/mol. The summed E-state index contributed by atoms with van der Waals surface area (Å²) < 4.78 is 42.5. The molecular formula is C17H23NO7S. The third kappa shape index (κ3) is 5.26. The molecule has 0 radical (unpaired) electrons. The fourth-order valence-corrected chi connectivity index (χ4v) is 3.67. The van der Waals surface area contributed by atoms with Crippen molar-refractivity contribution in [1.29, 1.82) is 0 Å². The van der Waals surface area contributed by atoms with Crippen molar-refractivity contribution in [3.05, 3.63) is 29.8 Å². The maximum Gasteiger partial charge on any atom is 0.302 e. The third-order valence-electron chi connectivity index (χ3n) is 4.06. The maximum absolute atomic E-state index is 12.5. The number of rotatable bonds is 6. The Hall–Kier alpha value is -1.97. The number of ether oxygens (including phenoxy) is 3. The number of esters is 1. The van der Waals surface area contributed by atoms with Gasteiger partial charge in [0.2, 0.25) is 5.91 Å². The molecule has 8 nitrogen and oxygen atoms in total. The van der Waals surface area contributed by atoms with Crippen LogP contribution < -0.4 is 4.72 Å². The zero-order valence-electron chi connectivity index (χ0n) is 14.9. The summed E-state index contributed by atoms with van der Waals surface area (Å²) in [6.45, 7) is 3.19. The second kappa shape index (κ2) is 8.61. The lowest BCUT2D eigenvalue weighted by Crippen LogP contribution is -2.47. The molecule has 0 aliphatic carbocycles. The Morgan fingerprint density at radius 2 is 1.88 bits per heavy atom. The number of carbonyl (C=O) groups excluding carboxylic acids is 2. The van der Waals surface area contributed by atoms with Crippen LogP contribution in [0, 0.1) is 12.8 Å². The van der Waals surface area contributed by atoms with Crippen LogP contribution in [-0.2, 0) is 33.8 Å². The van der Waals surface area contributed by atoms with Gasteiger partial charge in [-0.25, -0.2) is 13.1 Å². The number of aryl methyl sites for hydroxylation is 1. The molecule has 0 spiro atoms. The molecule has 1 heterocycles. The van der Waals surface area contributed by atoms with E-state index in [9.17, 15) is 18.0 Å². The van der Waals surface area contributed by atoms with Crippen molar-refractivity contribution in [2.24, 2.45) is 5.92 Å². The van der Waals surface area contributed by atoms with Gasteiger partial charge in [-0.3, -0.25) is 9.59 Å². The fraction of sp³-hybridized carbons (Fsp3) is 0.529. The van der Waals surface area contributed by atoms with Crippen LogP contribution in [-0.4, -0.2) is 46.4 Å². The van der Waals surface area contributed by atoms with Crippen molar-refractivity contribution < 1.29 is 32.2 Å². The van der Waals surface area contributed by atoms with Crippen LogP contribution in [0.4, 0.5) is 0 Å². The van der Waals surface area contributed by atoms with Crippen LogP contribution in [0.15, 0.2) is 29.2 Å². The van der Waals surface area contributed by atoms with Crippen LogP contribution in [0.5, 0.6) is 0 Å². The number of nitrogens with one attached hydrogen (secondary N) is 1. The normalized spacial score (nSPS) is 23.3. The first-order valence-electron chi connectivity index (χ1n) is 8.18. The number of methoxy groups -OCH3 is 1. The summed E-state index contributed by atoms with van der Waals surface area (Å²) in [6, 6.07) is 6.18. The highest BCUT2D eigenvalue weighted by molar-refractivity contribution is 7.90. The second-order valence-corrected chi connectivity index (χ2v) is 7.81. The van der Waals surface area contributed by atoms with E-state index in [2.05, 4.69) is 4.72 Å². The zero-order valence-corrected chi connectivity index (χ0v) is 15.7. The number of carbonyl (C=O) groups is 2. The third-order valence-corrected chi connectivity index (χ3v) is 5.43. The van der Waals surface area contributed by atoms with E-state index in [1.165, 1.54) is 26.2 Å². The highest BCUT2D eigenvalue weighted by Crippen LogP contribution is 2.27. The van der Waals surface area contributed by atoms with Gasteiger partial charge >= 0.3 is 5.97 Å². The van der Waals surface area contributed by atoms with Crippen LogP contribution in [0.3, 0.4) is 0 Å². The minimum absolute atomic E-state index is 0.00915. The van der Waals surface area contributed by atoms with E-state index in [-0.39, 0.29) is 11.5 Å². The summed E-state index contributed by atoms with van der Waals surface area (Å²) in [4.78, 5) is 23.4. The smallest absolute Gasteiger partial charge is 0.302 e. The second-order valence-electron chi connectivity index (χ2n) is 6.13. The molecule has 1 N–H and O–H groups in total. The van der Waals surface area contributed by atoms with Gasteiger partial charge in [-0.2, -0.15) is 0 Å². The number of benzene rings is 1. The maximum atomic E-state index is 12.5. The van der Waals surface area contributed by atoms with Crippen LogP contribution >= 0.6 is 0 Å². The minimum atomic E-state index is -3.97. The molecule has 1 aliphatic heterocycles. The van der Waals surface area contributed by atoms with Crippen LogP contribution in [0.1, 0.15) is 25.3 Å². The molecule has 1 amide bonds. The SMILES string of the molecule is COC1OC(COC(C)=O)CCC1C(=O)NS(=O)(=O)c1ccc(C)cc1. The van der Waals surface area contributed by atoms with E-state index < -0.39 is 40.2 Å². The molecule has 144 valence electrons. The Bertz CT molecular complexity index is 745. The molecule has 0 saturated carbocycles. The topological polar surface area (TPSA) is 108 Å². The lowest BCUT2D eigenvalue weighted by atomic mass is 9.96.